The molecule has 1 rings (SSSR count). The minimum absolute atomic E-state index is 0.0216. The van der Waals surface area contributed by atoms with E-state index >= 15 is 0 Å². The summed E-state index contributed by atoms with van der Waals surface area (Å²) in [7, 11) is 1.39. The Hall–Kier alpha value is -1.10. The van der Waals surface area contributed by atoms with Crippen LogP contribution in [0.1, 0.15) is 39.5 Å². The van der Waals surface area contributed by atoms with Crippen LogP contribution in [0.15, 0.2) is 0 Å². The number of amides is 1. The topological polar surface area (TPSA) is 75.6 Å². The number of aliphatic hydroxyl groups is 1. The number of hydrogen-bond donors (Lipinski definition) is 2. The fraction of sp³-hybridized carbons (Fsp3) is 0.846. The van der Waals surface area contributed by atoms with Crippen molar-refractivity contribution in [2.45, 2.75) is 51.7 Å². The van der Waals surface area contributed by atoms with Crippen molar-refractivity contribution in [3.63, 3.8) is 0 Å². The van der Waals surface area contributed by atoms with E-state index in [1.165, 1.54) is 7.11 Å². The molecule has 2 N–H and O–H groups in total. The summed E-state index contributed by atoms with van der Waals surface area (Å²) in [6, 6.07) is -0.240. The second-order valence-electron chi connectivity index (χ2n) is 5.11. The Morgan fingerprint density at radius 1 is 1.17 bits per heavy atom. The Morgan fingerprint density at radius 2 is 1.67 bits per heavy atom. The lowest BCUT2D eigenvalue weighted by Crippen LogP contribution is -2.43. The molecule has 1 fully saturated rings. The van der Waals surface area contributed by atoms with Crippen LogP contribution in [-0.2, 0) is 14.3 Å². The maximum atomic E-state index is 11.9. The van der Waals surface area contributed by atoms with Crippen molar-refractivity contribution in [1.82, 2.24) is 5.32 Å². The summed E-state index contributed by atoms with van der Waals surface area (Å²) >= 11 is 0. The van der Waals surface area contributed by atoms with Gasteiger partial charge < -0.3 is 15.2 Å². The highest BCUT2D eigenvalue weighted by molar-refractivity contribution is 5.79. The van der Waals surface area contributed by atoms with Crippen LogP contribution < -0.4 is 5.32 Å². The molecule has 2 atom stereocenters. The third-order valence-electron chi connectivity index (χ3n) is 3.73. The van der Waals surface area contributed by atoms with Gasteiger partial charge in [-0.15, -0.1) is 0 Å². The lowest BCUT2D eigenvalue weighted by molar-refractivity contribution is -0.147. The number of carbonyl (C=O) groups excluding carboxylic acids is 2. The molecule has 5 nitrogen and oxygen atoms in total. The second-order valence-corrected chi connectivity index (χ2v) is 5.11. The lowest BCUT2D eigenvalue weighted by atomic mass is 9.81. The van der Waals surface area contributed by atoms with Gasteiger partial charge in [-0.25, -0.2) is 0 Å². The molecule has 1 amide bonds. The number of nitrogens with one attached hydrogen (secondary N) is 1. The Kier molecular flexibility index (Phi) is 5.59. The van der Waals surface area contributed by atoms with Crippen molar-refractivity contribution < 1.29 is 19.4 Å². The standard InChI is InChI=1S/C13H23NO4/c1-8(9(2)15)14-12(16)10-4-6-11(7-5-10)13(17)18-3/h8-11,15H,4-7H2,1-3H3,(H,14,16)/t8?,9?,10-,11-. The first-order valence-corrected chi connectivity index (χ1v) is 6.52. The normalized spacial score (nSPS) is 27.1. The van der Waals surface area contributed by atoms with Gasteiger partial charge in [0.1, 0.15) is 0 Å². The maximum Gasteiger partial charge on any atom is 0.308 e. The fourth-order valence-electron chi connectivity index (χ4n) is 2.22. The molecule has 1 aliphatic carbocycles. The van der Waals surface area contributed by atoms with Gasteiger partial charge in [-0.3, -0.25) is 9.59 Å². The summed E-state index contributed by atoms with van der Waals surface area (Å²) in [6.45, 7) is 3.43. The van der Waals surface area contributed by atoms with E-state index in [2.05, 4.69) is 5.32 Å². The van der Waals surface area contributed by atoms with E-state index in [-0.39, 0.29) is 29.8 Å². The summed E-state index contributed by atoms with van der Waals surface area (Å²) in [5.41, 5.74) is 0. The quantitative estimate of drug-likeness (QED) is 0.732. The van der Waals surface area contributed by atoms with E-state index in [0.29, 0.717) is 25.7 Å². The molecule has 0 aromatic carbocycles. The Labute approximate surface area is 108 Å². The number of methoxy groups -OCH3 is 1. The van der Waals surface area contributed by atoms with Crippen molar-refractivity contribution in [1.29, 1.82) is 0 Å². The van der Waals surface area contributed by atoms with Crippen LogP contribution in [0.3, 0.4) is 0 Å². The fourth-order valence-corrected chi connectivity index (χ4v) is 2.22. The number of esters is 1. The lowest BCUT2D eigenvalue weighted by Gasteiger charge is -2.27. The zero-order valence-electron chi connectivity index (χ0n) is 11.3. The molecule has 0 radical (unpaired) electrons. The van der Waals surface area contributed by atoms with Crippen LogP contribution in [0.25, 0.3) is 0 Å². The Balaban J connectivity index is 2.38. The molecule has 104 valence electrons. The highest BCUT2D eigenvalue weighted by Crippen LogP contribution is 2.29. The summed E-state index contributed by atoms with van der Waals surface area (Å²) in [5, 5.41) is 12.1. The first-order chi connectivity index (χ1) is 8.45. The smallest absolute Gasteiger partial charge is 0.308 e. The number of rotatable bonds is 4. The number of carbonyl (C=O) groups is 2. The number of hydrogen-bond acceptors (Lipinski definition) is 4. The molecule has 5 heteroatoms. The van der Waals surface area contributed by atoms with Gasteiger partial charge in [0, 0.05) is 5.92 Å². The molecule has 0 aliphatic heterocycles. The average molecular weight is 257 g/mol. The van der Waals surface area contributed by atoms with Gasteiger partial charge in [-0.2, -0.15) is 0 Å². The van der Waals surface area contributed by atoms with E-state index in [1.807, 2.05) is 0 Å². The van der Waals surface area contributed by atoms with Crippen molar-refractivity contribution in [3.05, 3.63) is 0 Å². The van der Waals surface area contributed by atoms with Crippen molar-refractivity contribution in [3.8, 4) is 0 Å². The Bertz CT molecular complexity index is 295. The highest BCUT2D eigenvalue weighted by atomic mass is 16.5. The van der Waals surface area contributed by atoms with Crippen LogP contribution in [0.2, 0.25) is 0 Å². The van der Waals surface area contributed by atoms with E-state index < -0.39 is 6.10 Å². The third kappa shape index (κ3) is 3.98. The SMILES string of the molecule is COC(=O)[C@H]1CC[C@H](C(=O)NC(C)C(C)O)CC1. The highest BCUT2D eigenvalue weighted by Gasteiger charge is 2.31. The zero-order chi connectivity index (χ0) is 13.7. The number of aliphatic hydroxyl groups excluding tert-OH is 1. The molecule has 0 bridgehead atoms. The molecular formula is C13H23NO4. The molecule has 0 heterocycles. The minimum Gasteiger partial charge on any atom is -0.469 e. The van der Waals surface area contributed by atoms with Crippen LogP contribution in [0, 0.1) is 11.8 Å². The maximum absolute atomic E-state index is 11.9. The van der Waals surface area contributed by atoms with Crippen molar-refractivity contribution >= 4 is 11.9 Å². The number of ether oxygens (including phenoxy) is 1. The predicted octanol–water partition coefficient (Wildman–Crippen LogP) is 0.851. The van der Waals surface area contributed by atoms with Crippen LogP contribution >= 0.6 is 0 Å². The first kappa shape index (κ1) is 15.0. The minimum atomic E-state index is -0.555. The van der Waals surface area contributed by atoms with Gasteiger partial charge in [0.25, 0.3) is 0 Å². The van der Waals surface area contributed by atoms with Crippen molar-refractivity contribution in [2.75, 3.05) is 7.11 Å². The van der Waals surface area contributed by atoms with E-state index in [1.54, 1.807) is 13.8 Å². The van der Waals surface area contributed by atoms with Crippen molar-refractivity contribution in [2.24, 2.45) is 11.8 Å². The second kappa shape index (κ2) is 6.73. The van der Waals surface area contributed by atoms with Crippen LogP contribution in [0.5, 0.6) is 0 Å². The van der Waals surface area contributed by atoms with E-state index in [9.17, 15) is 14.7 Å². The predicted molar refractivity (Wildman–Crippen MR) is 66.7 cm³/mol. The first-order valence-electron chi connectivity index (χ1n) is 6.52. The summed E-state index contributed by atoms with van der Waals surface area (Å²) < 4.78 is 4.71. The zero-order valence-corrected chi connectivity index (χ0v) is 11.3. The average Bonchev–Trinajstić information content (AvgIpc) is 2.37. The van der Waals surface area contributed by atoms with Crippen LogP contribution in [0.4, 0.5) is 0 Å². The molecule has 18 heavy (non-hydrogen) atoms. The molecule has 1 aliphatic rings. The molecule has 0 saturated heterocycles. The summed E-state index contributed by atoms with van der Waals surface area (Å²) in [4.78, 5) is 23.3. The molecule has 1 saturated carbocycles. The van der Waals surface area contributed by atoms with E-state index in [4.69, 9.17) is 4.74 Å². The van der Waals surface area contributed by atoms with E-state index in [0.717, 1.165) is 0 Å². The molecule has 0 spiro atoms. The van der Waals surface area contributed by atoms with Gasteiger partial charge in [0.2, 0.25) is 5.91 Å². The van der Waals surface area contributed by atoms with Gasteiger partial charge in [0.05, 0.1) is 25.2 Å². The third-order valence-corrected chi connectivity index (χ3v) is 3.73. The molecule has 0 aromatic rings. The van der Waals surface area contributed by atoms with Gasteiger partial charge >= 0.3 is 5.97 Å². The Morgan fingerprint density at radius 3 is 2.11 bits per heavy atom. The summed E-state index contributed by atoms with van der Waals surface area (Å²) in [5.74, 6) is -0.307. The van der Waals surface area contributed by atoms with Gasteiger partial charge in [-0.1, -0.05) is 0 Å². The largest absolute Gasteiger partial charge is 0.469 e. The monoisotopic (exact) mass is 257 g/mol. The molecule has 0 aromatic heterocycles. The molecular weight excluding hydrogens is 234 g/mol. The van der Waals surface area contributed by atoms with Gasteiger partial charge in [-0.05, 0) is 39.5 Å². The summed E-state index contributed by atoms with van der Waals surface area (Å²) in [6.07, 6.45) is 2.26. The molecule has 2 unspecified atom stereocenters. The van der Waals surface area contributed by atoms with Crippen LogP contribution in [-0.4, -0.2) is 36.2 Å². The van der Waals surface area contributed by atoms with Gasteiger partial charge in [0.15, 0.2) is 0 Å².